The quantitative estimate of drug-likeness (QED) is 0.792. The number of rotatable bonds is 5. The number of nitrogens with two attached hydrogens (primary N) is 1. The van der Waals surface area contributed by atoms with Gasteiger partial charge in [-0.15, -0.1) is 0 Å². The molecule has 0 aliphatic carbocycles. The molecule has 5 heteroatoms. The van der Waals surface area contributed by atoms with Crippen molar-refractivity contribution in [2.24, 2.45) is 5.73 Å². The summed E-state index contributed by atoms with van der Waals surface area (Å²) in [7, 11) is 0. The Morgan fingerprint density at radius 3 is 2.48 bits per heavy atom. The Kier molecular flexibility index (Phi) is 5.62. The van der Waals surface area contributed by atoms with E-state index in [1.807, 2.05) is 19.1 Å². The number of halogens is 3. The normalized spacial score (nSPS) is 13.8. The van der Waals surface area contributed by atoms with Crippen LogP contribution in [0.25, 0.3) is 0 Å². The molecule has 0 heterocycles. The molecule has 0 saturated carbocycles. The molecule has 0 aliphatic heterocycles. The second kappa shape index (κ2) is 7.25. The van der Waals surface area contributed by atoms with E-state index in [2.05, 4.69) is 15.9 Å². The Hall–Kier alpha value is -1.10. The molecular formula is C16H16BrClFNO. The molecule has 0 fully saturated rings. The molecule has 112 valence electrons. The molecule has 0 saturated heterocycles. The topological polar surface area (TPSA) is 35.2 Å². The Bertz CT molecular complexity index is 606. The lowest BCUT2D eigenvalue weighted by atomic mass is 10.0. The smallest absolute Gasteiger partial charge is 0.166 e. The minimum absolute atomic E-state index is 0.182. The minimum Gasteiger partial charge on any atom is -0.481 e. The first kappa shape index (κ1) is 16.3. The van der Waals surface area contributed by atoms with E-state index in [4.69, 9.17) is 22.1 Å². The van der Waals surface area contributed by atoms with Gasteiger partial charge in [0.05, 0.1) is 0 Å². The van der Waals surface area contributed by atoms with Gasteiger partial charge in [0.1, 0.15) is 6.10 Å². The lowest BCUT2D eigenvalue weighted by Crippen LogP contribution is -2.31. The van der Waals surface area contributed by atoms with Gasteiger partial charge in [-0.3, -0.25) is 0 Å². The standard InChI is InChI=1S/C16H16BrClFNO/c1-2-14(20)16(10-3-6-12(18)7-4-10)21-15-8-5-11(17)9-13(15)19/h3-9,14,16H,2,20H2,1H3. The van der Waals surface area contributed by atoms with Crippen LogP contribution in [-0.2, 0) is 0 Å². The maximum Gasteiger partial charge on any atom is 0.166 e. The van der Waals surface area contributed by atoms with Crippen molar-refractivity contribution in [3.05, 3.63) is 63.3 Å². The van der Waals surface area contributed by atoms with E-state index in [0.717, 1.165) is 5.56 Å². The number of hydrogen-bond acceptors (Lipinski definition) is 2. The van der Waals surface area contributed by atoms with Crippen molar-refractivity contribution in [2.75, 3.05) is 0 Å². The van der Waals surface area contributed by atoms with Crippen LogP contribution in [0, 0.1) is 5.82 Å². The summed E-state index contributed by atoms with van der Waals surface area (Å²) < 4.78 is 20.4. The Labute approximate surface area is 137 Å². The predicted molar refractivity (Wildman–Crippen MR) is 87.2 cm³/mol. The van der Waals surface area contributed by atoms with Crippen LogP contribution in [0.1, 0.15) is 25.0 Å². The van der Waals surface area contributed by atoms with Crippen LogP contribution in [0.2, 0.25) is 5.02 Å². The summed E-state index contributed by atoms with van der Waals surface area (Å²) >= 11 is 9.12. The summed E-state index contributed by atoms with van der Waals surface area (Å²) in [5.74, 6) is -0.242. The van der Waals surface area contributed by atoms with Gasteiger partial charge in [-0.25, -0.2) is 4.39 Å². The lowest BCUT2D eigenvalue weighted by molar-refractivity contribution is 0.163. The fourth-order valence-electron chi connectivity index (χ4n) is 1.98. The van der Waals surface area contributed by atoms with Crippen molar-refractivity contribution < 1.29 is 9.13 Å². The highest BCUT2D eigenvalue weighted by Gasteiger charge is 2.22. The molecule has 21 heavy (non-hydrogen) atoms. The molecule has 2 N–H and O–H groups in total. The van der Waals surface area contributed by atoms with Crippen LogP contribution in [0.4, 0.5) is 4.39 Å². The summed E-state index contributed by atoms with van der Waals surface area (Å²) in [6, 6.07) is 11.7. The van der Waals surface area contributed by atoms with Crippen LogP contribution < -0.4 is 10.5 Å². The van der Waals surface area contributed by atoms with Crippen molar-refractivity contribution in [3.63, 3.8) is 0 Å². The highest BCUT2D eigenvalue weighted by molar-refractivity contribution is 9.10. The van der Waals surface area contributed by atoms with Crippen molar-refractivity contribution in [2.45, 2.75) is 25.5 Å². The molecule has 2 nitrogen and oxygen atoms in total. The van der Waals surface area contributed by atoms with E-state index in [-0.39, 0.29) is 11.8 Å². The van der Waals surface area contributed by atoms with Crippen molar-refractivity contribution in [1.29, 1.82) is 0 Å². The first-order valence-electron chi connectivity index (χ1n) is 6.64. The zero-order valence-corrected chi connectivity index (χ0v) is 13.9. The Morgan fingerprint density at radius 2 is 1.90 bits per heavy atom. The van der Waals surface area contributed by atoms with Gasteiger partial charge in [-0.05, 0) is 42.3 Å². The molecule has 0 aromatic heterocycles. The molecule has 2 unspecified atom stereocenters. The SMILES string of the molecule is CCC(N)C(Oc1ccc(Br)cc1F)c1ccc(Cl)cc1. The molecule has 0 aliphatic rings. The molecule has 0 spiro atoms. The largest absolute Gasteiger partial charge is 0.481 e. The number of benzene rings is 2. The van der Waals surface area contributed by atoms with Crippen molar-refractivity contribution in [1.82, 2.24) is 0 Å². The fraction of sp³-hybridized carbons (Fsp3) is 0.250. The van der Waals surface area contributed by atoms with E-state index in [0.29, 0.717) is 15.9 Å². The van der Waals surface area contributed by atoms with E-state index in [9.17, 15) is 4.39 Å². The predicted octanol–water partition coefficient (Wildman–Crippen LogP) is 5.10. The average Bonchev–Trinajstić information content (AvgIpc) is 2.47. The van der Waals surface area contributed by atoms with Crippen LogP contribution in [0.15, 0.2) is 46.9 Å². The van der Waals surface area contributed by atoms with E-state index in [1.165, 1.54) is 6.07 Å². The number of hydrogen-bond donors (Lipinski definition) is 1. The van der Waals surface area contributed by atoms with Crippen LogP contribution in [0.5, 0.6) is 5.75 Å². The van der Waals surface area contributed by atoms with Crippen molar-refractivity contribution in [3.8, 4) is 5.75 Å². The molecule has 2 aromatic carbocycles. The molecule has 2 atom stereocenters. The van der Waals surface area contributed by atoms with Crippen LogP contribution in [0.3, 0.4) is 0 Å². The third kappa shape index (κ3) is 4.19. The highest BCUT2D eigenvalue weighted by atomic mass is 79.9. The molecule has 2 aromatic rings. The monoisotopic (exact) mass is 371 g/mol. The summed E-state index contributed by atoms with van der Waals surface area (Å²) in [6.45, 7) is 1.97. The summed E-state index contributed by atoms with van der Waals surface area (Å²) in [5.41, 5.74) is 7.00. The molecule has 0 bridgehead atoms. The molecule has 0 amide bonds. The third-order valence-corrected chi connectivity index (χ3v) is 3.95. The van der Waals surface area contributed by atoms with E-state index < -0.39 is 11.9 Å². The number of ether oxygens (including phenoxy) is 1. The third-order valence-electron chi connectivity index (χ3n) is 3.21. The zero-order chi connectivity index (χ0) is 15.4. The fourth-order valence-corrected chi connectivity index (χ4v) is 2.44. The average molecular weight is 373 g/mol. The molecule has 2 rings (SSSR count). The summed E-state index contributed by atoms with van der Waals surface area (Å²) in [4.78, 5) is 0. The Balaban J connectivity index is 2.30. The van der Waals surface area contributed by atoms with Gasteiger partial charge >= 0.3 is 0 Å². The lowest BCUT2D eigenvalue weighted by Gasteiger charge is -2.25. The minimum atomic E-state index is -0.428. The van der Waals surface area contributed by atoms with Crippen LogP contribution in [-0.4, -0.2) is 6.04 Å². The maximum atomic E-state index is 13.9. The van der Waals surface area contributed by atoms with Gasteiger partial charge in [-0.1, -0.05) is 46.6 Å². The second-order valence-electron chi connectivity index (χ2n) is 4.74. The second-order valence-corrected chi connectivity index (χ2v) is 6.09. The first-order valence-corrected chi connectivity index (χ1v) is 7.81. The van der Waals surface area contributed by atoms with E-state index >= 15 is 0 Å². The maximum absolute atomic E-state index is 13.9. The zero-order valence-electron chi connectivity index (χ0n) is 11.5. The first-order chi connectivity index (χ1) is 10.0. The molecular weight excluding hydrogens is 357 g/mol. The van der Waals surface area contributed by atoms with Gasteiger partial charge in [0.15, 0.2) is 11.6 Å². The Morgan fingerprint density at radius 1 is 1.24 bits per heavy atom. The van der Waals surface area contributed by atoms with Gasteiger partial charge in [0.2, 0.25) is 0 Å². The molecule has 0 radical (unpaired) electrons. The van der Waals surface area contributed by atoms with Crippen LogP contribution >= 0.6 is 27.5 Å². The van der Waals surface area contributed by atoms with Gasteiger partial charge in [-0.2, -0.15) is 0 Å². The van der Waals surface area contributed by atoms with Crippen molar-refractivity contribution >= 4 is 27.5 Å². The van der Waals surface area contributed by atoms with Gasteiger partial charge < -0.3 is 10.5 Å². The summed E-state index contributed by atoms with van der Waals surface area (Å²) in [5, 5.41) is 0.636. The van der Waals surface area contributed by atoms with Gasteiger partial charge in [0, 0.05) is 15.5 Å². The highest BCUT2D eigenvalue weighted by Crippen LogP contribution is 2.29. The summed E-state index contributed by atoms with van der Waals surface area (Å²) in [6.07, 6.45) is 0.286. The van der Waals surface area contributed by atoms with Gasteiger partial charge in [0.25, 0.3) is 0 Å². The van der Waals surface area contributed by atoms with E-state index in [1.54, 1.807) is 24.3 Å².